The van der Waals surface area contributed by atoms with E-state index in [-0.39, 0.29) is 138 Å². The minimum absolute atomic E-state index is 0.0519. The Hall–Kier alpha value is -6.75. The first-order valence-electron chi connectivity index (χ1n) is 35.2. The zero-order valence-electron chi connectivity index (χ0n) is 57.6. The highest BCUT2D eigenvalue weighted by molar-refractivity contribution is 7.90. The second-order valence-corrected chi connectivity index (χ2v) is 27.9. The summed E-state index contributed by atoms with van der Waals surface area (Å²) in [5.41, 5.74) is 0.653. The number of aromatic amines is 1. The van der Waals surface area contributed by atoms with Crippen LogP contribution in [0.4, 0.5) is 0 Å². The number of unbranched alkanes of at least 4 members (excludes halogenated alkanes) is 21. The van der Waals surface area contributed by atoms with Gasteiger partial charge in [0.05, 0.1) is 49.3 Å². The number of H-pyrrole nitrogens is 1. The van der Waals surface area contributed by atoms with Crippen LogP contribution in [0.5, 0.6) is 0 Å². The highest BCUT2D eigenvalue weighted by Crippen LogP contribution is 2.20. The van der Waals surface area contributed by atoms with Crippen LogP contribution in [0.3, 0.4) is 0 Å². The van der Waals surface area contributed by atoms with Gasteiger partial charge in [-0.15, -0.1) is 10.2 Å². The summed E-state index contributed by atoms with van der Waals surface area (Å²) in [7, 11) is -3.81. The Kier molecular flexibility index (Phi) is 46.6. The van der Waals surface area contributed by atoms with Crippen LogP contribution in [-0.2, 0) is 85.8 Å². The van der Waals surface area contributed by atoms with Gasteiger partial charge in [0.2, 0.25) is 39.6 Å². The van der Waals surface area contributed by atoms with E-state index >= 15 is 0 Å². The first kappa shape index (κ1) is 85.3. The lowest BCUT2D eigenvalue weighted by Gasteiger charge is -2.16. The van der Waals surface area contributed by atoms with E-state index in [1.807, 2.05) is 0 Å². The lowest BCUT2D eigenvalue weighted by atomic mass is 9.94. The van der Waals surface area contributed by atoms with Gasteiger partial charge < -0.3 is 51.0 Å². The molecule has 3 atom stereocenters. The van der Waals surface area contributed by atoms with Gasteiger partial charge in [0.1, 0.15) is 24.2 Å². The Labute approximate surface area is 568 Å². The van der Waals surface area contributed by atoms with Gasteiger partial charge in [-0.3, -0.25) is 47.9 Å². The van der Waals surface area contributed by atoms with Gasteiger partial charge in [-0.25, -0.2) is 18.2 Å². The average Bonchev–Trinajstić information content (AvgIpc) is 1.73. The number of ketones is 2. The van der Waals surface area contributed by atoms with Crippen molar-refractivity contribution in [1.29, 1.82) is 0 Å². The molecule has 0 saturated carbocycles. The number of imidazole rings is 1. The standard InChI is InChI=1S/C67H115N11O17S/c1-67(2,3)78-75-58(74-77-78)31-23-19-15-11-7-5-4-6-8-12-16-20-24-32-62(84)76-96(92,93)46-28-33-59(81)69-40-26-21-17-13-9-10-14-18-22-30-55(79)48-53(65(88)89)34-38-61(83)73-57(66(90)91)37-39-60(82)71-42-43-94-44-45-95-50-63(85)70-41-27-25-29-52(64(86)87)47-56(80)36-35-54-49-68-51-72-54/h49,51-53,57H,4-48,50H2,1-3H3,(H,68,72)(H,69,81)(H,70,85)(H,71,82)(H,73,83)(H,76,84)(H,86,87)(H,88,89)(H,90,91)/t52-,53-,57+/m1/s1. The van der Waals surface area contributed by atoms with Crippen molar-refractivity contribution >= 4 is 69.0 Å². The van der Waals surface area contributed by atoms with Crippen molar-refractivity contribution in [2.24, 2.45) is 11.8 Å². The zero-order chi connectivity index (χ0) is 70.7. The molecule has 0 aliphatic carbocycles. The summed E-state index contributed by atoms with van der Waals surface area (Å²) in [6, 6.07) is -1.41. The molecule has 0 aliphatic heterocycles. The molecule has 0 spiro atoms. The third-order valence-electron chi connectivity index (χ3n) is 16.3. The fourth-order valence-electron chi connectivity index (χ4n) is 10.5. The Bertz CT molecular complexity index is 2670. The Balaban J connectivity index is 1.38. The van der Waals surface area contributed by atoms with E-state index in [0.29, 0.717) is 51.6 Å². The largest absolute Gasteiger partial charge is 0.481 e. The molecule has 5 amide bonds. The van der Waals surface area contributed by atoms with Crippen molar-refractivity contribution in [3.8, 4) is 0 Å². The fourth-order valence-corrected chi connectivity index (χ4v) is 11.6. The summed E-state index contributed by atoms with van der Waals surface area (Å²) < 4.78 is 37.7. The number of aromatic nitrogens is 6. The zero-order valence-corrected chi connectivity index (χ0v) is 58.4. The van der Waals surface area contributed by atoms with Gasteiger partial charge in [0, 0.05) is 89.3 Å². The molecule has 29 heteroatoms. The summed E-state index contributed by atoms with van der Waals surface area (Å²) in [5, 5.41) is 52.2. The predicted octanol–water partition coefficient (Wildman–Crippen LogP) is 7.92. The predicted molar refractivity (Wildman–Crippen MR) is 359 cm³/mol. The summed E-state index contributed by atoms with van der Waals surface area (Å²) in [5.74, 6) is -7.71. The lowest BCUT2D eigenvalue weighted by Crippen LogP contribution is -2.42. The number of carbonyl (C=O) groups excluding carboxylic acids is 7. The van der Waals surface area contributed by atoms with Crippen LogP contribution in [0.15, 0.2) is 12.5 Å². The Morgan fingerprint density at radius 1 is 0.510 bits per heavy atom. The minimum Gasteiger partial charge on any atom is -0.481 e. The second kappa shape index (κ2) is 52.4. The quantitative estimate of drug-likeness (QED) is 0.0284. The number of Topliss-reactive ketones (excluding diaryl/α,β-unsaturated/α-hetero) is 2. The minimum atomic E-state index is -3.81. The SMILES string of the molecule is CC(C)(C)n1nnc(CCCCCCCCCCCCCCCC(=O)NS(=O)(=O)CCCC(=O)NCCCCCCCCCCCC(=O)C[C@@H](CCC(=O)N[C@@H](CCC(=O)NCCOCCOCC(=O)NCCCC[C@H](CC(=O)CCc2cnc[nH]2)C(=O)O)C(=O)O)C(=O)O)n1. The first-order valence-corrected chi connectivity index (χ1v) is 36.9. The monoisotopic (exact) mass is 1380 g/mol. The highest BCUT2D eigenvalue weighted by Gasteiger charge is 2.26. The fraction of sp³-hybridized carbons (Fsp3) is 0.791. The number of nitrogens with zero attached hydrogens (tertiary/aromatic N) is 5. The van der Waals surface area contributed by atoms with Crippen LogP contribution in [0.2, 0.25) is 0 Å². The molecular weight excluding hydrogens is 1260 g/mol. The van der Waals surface area contributed by atoms with Crippen molar-refractivity contribution in [1.82, 2.24) is 56.2 Å². The number of nitrogens with one attached hydrogen (secondary N) is 6. The van der Waals surface area contributed by atoms with Crippen LogP contribution < -0.4 is 26.0 Å². The van der Waals surface area contributed by atoms with E-state index in [1.54, 1.807) is 11.0 Å². The highest BCUT2D eigenvalue weighted by atomic mass is 32.2. The van der Waals surface area contributed by atoms with E-state index in [2.05, 4.69) is 72.1 Å². The third-order valence-corrected chi connectivity index (χ3v) is 17.6. The molecule has 0 radical (unpaired) electrons. The third kappa shape index (κ3) is 46.4. The van der Waals surface area contributed by atoms with Gasteiger partial charge in [0.25, 0.3) is 0 Å². The molecule has 0 saturated heterocycles. The van der Waals surface area contributed by atoms with Gasteiger partial charge in [-0.2, -0.15) is 4.80 Å². The summed E-state index contributed by atoms with van der Waals surface area (Å²) >= 11 is 0. The Morgan fingerprint density at radius 3 is 1.58 bits per heavy atom. The first-order chi connectivity index (χ1) is 45.9. The van der Waals surface area contributed by atoms with Crippen LogP contribution in [-0.4, -0.2) is 171 Å². The number of rotatable bonds is 63. The van der Waals surface area contributed by atoms with Gasteiger partial charge in [0.15, 0.2) is 5.82 Å². The number of carboxylic acid groups (broad SMARTS) is 3. The molecule has 0 unspecified atom stereocenters. The molecule has 28 nitrogen and oxygen atoms in total. The van der Waals surface area contributed by atoms with Crippen molar-refractivity contribution in [3.05, 3.63) is 24.0 Å². The molecule has 2 aromatic heterocycles. The van der Waals surface area contributed by atoms with Crippen LogP contribution in [0.1, 0.15) is 263 Å². The molecular formula is C67H115N11O17S. The molecule has 9 N–H and O–H groups in total. The normalized spacial score (nSPS) is 12.5. The molecule has 546 valence electrons. The number of ether oxygens (including phenoxy) is 2. The van der Waals surface area contributed by atoms with Crippen molar-refractivity contribution in [3.63, 3.8) is 0 Å². The van der Waals surface area contributed by atoms with Crippen molar-refractivity contribution in [2.75, 3.05) is 51.8 Å². The van der Waals surface area contributed by atoms with E-state index in [9.17, 15) is 71.7 Å². The Morgan fingerprint density at radius 2 is 1.01 bits per heavy atom. The number of hydrogen-bond donors (Lipinski definition) is 9. The number of aryl methyl sites for hydroxylation is 2. The average molecular weight is 1380 g/mol. The molecule has 2 aromatic rings. The molecule has 2 heterocycles. The second-order valence-electron chi connectivity index (χ2n) is 26.0. The maximum Gasteiger partial charge on any atom is 0.326 e. The van der Waals surface area contributed by atoms with Crippen molar-refractivity contribution in [2.45, 2.75) is 276 Å². The molecule has 0 fully saturated rings. The van der Waals surface area contributed by atoms with Crippen molar-refractivity contribution < 1.29 is 81.2 Å². The van der Waals surface area contributed by atoms with Gasteiger partial charge >= 0.3 is 17.9 Å². The topological polar surface area (TPSA) is 416 Å². The van der Waals surface area contributed by atoms with E-state index in [4.69, 9.17) is 9.47 Å². The van der Waals surface area contributed by atoms with Crippen LogP contribution >= 0.6 is 0 Å². The van der Waals surface area contributed by atoms with Crippen LogP contribution in [0, 0.1) is 11.8 Å². The van der Waals surface area contributed by atoms with Crippen LogP contribution in [0.25, 0.3) is 0 Å². The van der Waals surface area contributed by atoms with E-state index in [0.717, 1.165) is 95.0 Å². The number of carbonyl (C=O) groups is 10. The molecule has 0 bridgehead atoms. The van der Waals surface area contributed by atoms with E-state index < -0.39 is 63.5 Å². The molecule has 96 heavy (non-hydrogen) atoms. The van der Waals surface area contributed by atoms with Gasteiger partial charge in [-0.05, 0) is 90.2 Å². The number of sulfonamides is 1. The number of tetrazole rings is 1. The maximum absolute atomic E-state index is 12.7. The lowest BCUT2D eigenvalue weighted by molar-refractivity contribution is -0.145. The van der Waals surface area contributed by atoms with E-state index in [1.165, 1.54) is 57.7 Å². The summed E-state index contributed by atoms with van der Waals surface area (Å²) in [4.78, 5) is 131. The number of amides is 5. The summed E-state index contributed by atoms with van der Waals surface area (Å²) in [6.45, 7) is 7.16. The number of carboxylic acids is 3. The number of hydrogen-bond acceptors (Lipinski definition) is 18. The smallest absolute Gasteiger partial charge is 0.326 e. The molecule has 2 rings (SSSR count). The van der Waals surface area contributed by atoms with Gasteiger partial charge in [-0.1, -0.05) is 122 Å². The number of aliphatic carboxylic acids is 3. The molecule has 0 aliphatic rings. The summed E-state index contributed by atoms with van der Waals surface area (Å²) in [6.07, 6.45) is 27.8. The molecule has 0 aromatic carbocycles. The maximum atomic E-state index is 12.7.